The second-order valence-electron chi connectivity index (χ2n) is 13.0. The second kappa shape index (κ2) is 9.65. The first-order chi connectivity index (χ1) is 19.7. The third-order valence-corrected chi connectivity index (χ3v) is 11.0. The van der Waals surface area contributed by atoms with Gasteiger partial charge in [0.2, 0.25) is 0 Å². The van der Waals surface area contributed by atoms with Crippen LogP contribution in [0.3, 0.4) is 0 Å². The molecule has 0 radical (unpaired) electrons. The van der Waals surface area contributed by atoms with Gasteiger partial charge in [0.15, 0.2) is 0 Å². The maximum absolute atomic E-state index is 2.86. The number of rotatable bonds is 3. The lowest BCUT2D eigenvalue weighted by molar-refractivity contribution is 0.169. The van der Waals surface area contributed by atoms with Crippen LogP contribution in [-0.2, 0) is 0 Å². The van der Waals surface area contributed by atoms with Crippen LogP contribution in [0.1, 0.15) is 70.3 Å². The van der Waals surface area contributed by atoms with E-state index in [4.69, 9.17) is 0 Å². The van der Waals surface area contributed by atoms with Crippen molar-refractivity contribution in [2.24, 2.45) is 17.3 Å². The SMILES string of the molecule is CC12C=CC=CC1N(C1CC=C(C3C4=C(CCCC4)C(c4ccccc4)=C4C=CC=CC43)CC1)C1=C2C=CCC1. The zero-order chi connectivity index (χ0) is 26.7. The topological polar surface area (TPSA) is 3.24 Å². The summed E-state index contributed by atoms with van der Waals surface area (Å²) in [5.41, 5.74) is 13.0. The average molecular weight is 524 g/mol. The Kier molecular flexibility index (Phi) is 5.91. The second-order valence-corrected chi connectivity index (χ2v) is 13.0. The molecule has 7 aliphatic rings. The zero-order valence-electron chi connectivity index (χ0n) is 23.9. The van der Waals surface area contributed by atoms with Gasteiger partial charge >= 0.3 is 0 Å². The predicted octanol–water partition coefficient (Wildman–Crippen LogP) is 9.58. The highest BCUT2D eigenvalue weighted by atomic mass is 15.2. The van der Waals surface area contributed by atoms with Crippen molar-refractivity contribution >= 4 is 5.57 Å². The van der Waals surface area contributed by atoms with Crippen molar-refractivity contribution in [2.75, 3.05) is 0 Å². The molecule has 6 aliphatic carbocycles. The number of allylic oxidation sites excluding steroid dienone is 14. The van der Waals surface area contributed by atoms with Gasteiger partial charge in [-0.3, -0.25) is 0 Å². The van der Waals surface area contributed by atoms with Crippen LogP contribution in [0.15, 0.2) is 131 Å². The van der Waals surface area contributed by atoms with E-state index in [1.165, 1.54) is 63.4 Å². The summed E-state index contributed by atoms with van der Waals surface area (Å²) < 4.78 is 0. The molecule has 1 aliphatic heterocycles. The van der Waals surface area contributed by atoms with Crippen molar-refractivity contribution in [3.8, 4) is 0 Å². The molecule has 1 nitrogen and oxygen atoms in total. The third-order valence-electron chi connectivity index (χ3n) is 11.0. The summed E-state index contributed by atoms with van der Waals surface area (Å²) in [4.78, 5) is 2.86. The van der Waals surface area contributed by atoms with Crippen LogP contribution >= 0.6 is 0 Å². The Hall–Kier alpha value is -3.32. The Balaban J connectivity index is 1.15. The number of hydrogen-bond donors (Lipinski definition) is 0. The van der Waals surface area contributed by atoms with Gasteiger partial charge in [-0.25, -0.2) is 0 Å². The molecule has 202 valence electrons. The molecule has 0 spiro atoms. The van der Waals surface area contributed by atoms with E-state index in [0.717, 1.165) is 0 Å². The van der Waals surface area contributed by atoms with E-state index < -0.39 is 0 Å². The standard InChI is InChI=1S/C39H41N/c1-39-26-12-11-21-36(39)40(35-20-10-9-19-34(35)39)29-24-22-28(23-25-29)38-32-17-7-5-15-30(32)37(27-13-3-2-4-14-27)31-16-6-8-18-33(31)38/h2-5,7,9,11-15,17,19,21-22,26,29,32,36,38H,6,8,10,16,18,20,23-25H2,1H3. The largest absolute Gasteiger partial charge is 0.364 e. The first-order valence-electron chi connectivity index (χ1n) is 15.8. The maximum Gasteiger partial charge on any atom is 0.0606 e. The normalized spacial score (nSPS) is 34.1. The fourth-order valence-corrected chi connectivity index (χ4v) is 9.20. The Bertz CT molecular complexity index is 1500. The Morgan fingerprint density at radius 2 is 1.75 bits per heavy atom. The molecule has 0 N–H and O–H groups in total. The fourth-order valence-electron chi connectivity index (χ4n) is 9.20. The van der Waals surface area contributed by atoms with E-state index >= 15 is 0 Å². The van der Waals surface area contributed by atoms with E-state index in [2.05, 4.69) is 109 Å². The quantitative estimate of drug-likeness (QED) is 0.357. The molecule has 0 bridgehead atoms. The maximum atomic E-state index is 2.86. The van der Waals surface area contributed by atoms with E-state index in [-0.39, 0.29) is 5.41 Å². The molecule has 0 saturated heterocycles. The first kappa shape index (κ1) is 24.5. The van der Waals surface area contributed by atoms with Crippen LogP contribution in [0.2, 0.25) is 0 Å². The zero-order valence-corrected chi connectivity index (χ0v) is 23.9. The molecule has 5 atom stereocenters. The molecule has 1 aromatic carbocycles. The number of fused-ring (bicyclic) bond motifs is 3. The van der Waals surface area contributed by atoms with Crippen molar-refractivity contribution in [1.29, 1.82) is 0 Å². The molecule has 0 aromatic heterocycles. The lowest BCUT2D eigenvalue weighted by Gasteiger charge is -2.45. The molecule has 1 heteroatoms. The van der Waals surface area contributed by atoms with Crippen molar-refractivity contribution in [3.05, 3.63) is 136 Å². The van der Waals surface area contributed by atoms with Gasteiger partial charge in [0.1, 0.15) is 0 Å². The Morgan fingerprint density at radius 1 is 0.875 bits per heavy atom. The van der Waals surface area contributed by atoms with Crippen molar-refractivity contribution in [2.45, 2.75) is 76.8 Å². The number of nitrogens with zero attached hydrogens (tertiary/aromatic N) is 1. The van der Waals surface area contributed by atoms with Crippen LogP contribution in [0.4, 0.5) is 0 Å². The molecule has 5 unspecified atom stereocenters. The van der Waals surface area contributed by atoms with Gasteiger partial charge in [-0.2, -0.15) is 0 Å². The van der Waals surface area contributed by atoms with Crippen molar-refractivity contribution in [1.82, 2.24) is 4.90 Å². The first-order valence-corrected chi connectivity index (χ1v) is 15.8. The lowest BCUT2D eigenvalue weighted by Crippen LogP contribution is -2.45. The molecular weight excluding hydrogens is 482 g/mol. The summed E-state index contributed by atoms with van der Waals surface area (Å²) in [7, 11) is 0. The Morgan fingerprint density at radius 3 is 2.62 bits per heavy atom. The highest BCUT2D eigenvalue weighted by molar-refractivity contribution is 5.87. The van der Waals surface area contributed by atoms with Gasteiger partial charge in [0.25, 0.3) is 0 Å². The summed E-state index contributed by atoms with van der Waals surface area (Å²) in [6.07, 6.45) is 37.8. The molecule has 8 rings (SSSR count). The van der Waals surface area contributed by atoms with Gasteiger partial charge in [0, 0.05) is 29.0 Å². The van der Waals surface area contributed by atoms with Gasteiger partial charge < -0.3 is 4.90 Å². The lowest BCUT2D eigenvalue weighted by atomic mass is 9.62. The van der Waals surface area contributed by atoms with Crippen molar-refractivity contribution < 1.29 is 0 Å². The van der Waals surface area contributed by atoms with Crippen LogP contribution in [0.5, 0.6) is 0 Å². The molecule has 0 amide bonds. The number of hydrogen-bond acceptors (Lipinski definition) is 1. The van der Waals surface area contributed by atoms with Crippen LogP contribution in [-0.4, -0.2) is 17.0 Å². The summed E-state index contributed by atoms with van der Waals surface area (Å²) >= 11 is 0. The van der Waals surface area contributed by atoms with Crippen LogP contribution < -0.4 is 0 Å². The molecule has 1 heterocycles. The number of benzene rings is 1. The fraction of sp³-hybridized carbons (Fsp3) is 0.385. The van der Waals surface area contributed by atoms with Crippen LogP contribution in [0.25, 0.3) is 5.57 Å². The minimum atomic E-state index is 0.114. The van der Waals surface area contributed by atoms with E-state index in [9.17, 15) is 0 Å². The van der Waals surface area contributed by atoms with E-state index in [1.807, 2.05) is 0 Å². The molecule has 0 saturated carbocycles. The van der Waals surface area contributed by atoms with Gasteiger partial charge in [-0.05, 0) is 92.6 Å². The average Bonchev–Trinajstić information content (AvgIpc) is 3.29. The molecule has 0 fully saturated rings. The van der Waals surface area contributed by atoms with Gasteiger partial charge in [0.05, 0.1) is 6.04 Å². The van der Waals surface area contributed by atoms with E-state index in [0.29, 0.717) is 23.9 Å². The predicted molar refractivity (Wildman–Crippen MR) is 167 cm³/mol. The monoisotopic (exact) mass is 523 g/mol. The van der Waals surface area contributed by atoms with Gasteiger partial charge in [-0.1, -0.05) is 108 Å². The van der Waals surface area contributed by atoms with Crippen LogP contribution in [0, 0.1) is 17.3 Å². The molecule has 1 aromatic rings. The molecular formula is C39H41N. The summed E-state index contributed by atoms with van der Waals surface area (Å²) in [6, 6.07) is 12.3. The minimum Gasteiger partial charge on any atom is -0.364 e. The highest BCUT2D eigenvalue weighted by Crippen LogP contribution is 2.55. The smallest absolute Gasteiger partial charge is 0.0606 e. The summed E-state index contributed by atoms with van der Waals surface area (Å²) in [5.74, 6) is 1.02. The Labute approximate surface area is 240 Å². The summed E-state index contributed by atoms with van der Waals surface area (Å²) in [6.45, 7) is 2.47. The van der Waals surface area contributed by atoms with E-state index in [1.54, 1.807) is 39.1 Å². The third kappa shape index (κ3) is 3.66. The van der Waals surface area contributed by atoms with Gasteiger partial charge in [-0.15, -0.1) is 0 Å². The summed E-state index contributed by atoms with van der Waals surface area (Å²) in [5, 5.41) is 0. The van der Waals surface area contributed by atoms with Crippen molar-refractivity contribution in [3.63, 3.8) is 0 Å². The highest BCUT2D eigenvalue weighted by Gasteiger charge is 2.49. The minimum absolute atomic E-state index is 0.114. The molecule has 40 heavy (non-hydrogen) atoms.